The monoisotopic (exact) mass is 322 g/mol. The highest BCUT2D eigenvalue weighted by atomic mass is 32.1. The molecular formula is C15H22N4S2. The SMILES string of the molecule is CCNC(=NCc1ccc(C)s1)N(C)Cc1csc(C)n1. The zero-order chi connectivity index (χ0) is 15.2. The molecule has 0 radical (unpaired) electrons. The molecule has 0 saturated heterocycles. The molecule has 114 valence electrons. The quantitative estimate of drug-likeness (QED) is 0.677. The van der Waals surface area contributed by atoms with Crippen LogP contribution in [0, 0.1) is 13.8 Å². The van der Waals surface area contributed by atoms with Crippen LogP contribution in [0.4, 0.5) is 0 Å². The van der Waals surface area contributed by atoms with Gasteiger partial charge in [0.05, 0.1) is 23.8 Å². The molecule has 0 amide bonds. The van der Waals surface area contributed by atoms with E-state index < -0.39 is 0 Å². The Labute approximate surface area is 134 Å². The second kappa shape index (κ2) is 7.56. The number of aromatic nitrogens is 1. The van der Waals surface area contributed by atoms with Gasteiger partial charge in [0.15, 0.2) is 5.96 Å². The van der Waals surface area contributed by atoms with Gasteiger partial charge >= 0.3 is 0 Å². The third-order valence-corrected chi connectivity index (χ3v) is 4.75. The lowest BCUT2D eigenvalue weighted by Gasteiger charge is -2.21. The maximum absolute atomic E-state index is 4.72. The van der Waals surface area contributed by atoms with Gasteiger partial charge in [-0.05, 0) is 32.9 Å². The van der Waals surface area contributed by atoms with Crippen LogP contribution in [0.1, 0.15) is 27.4 Å². The first-order chi connectivity index (χ1) is 10.1. The van der Waals surface area contributed by atoms with Crippen LogP contribution in [-0.4, -0.2) is 29.4 Å². The maximum atomic E-state index is 4.72. The molecule has 2 heterocycles. The van der Waals surface area contributed by atoms with Gasteiger partial charge in [-0.2, -0.15) is 0 Å². The summed E-state index contributed by atoms with van der Waals surface area (Å²) in [6.45, 7) is 8.61. The zero-order valence-corrected chi connectivity index (χ0v) is 14.6. The largest absolute Gasteiger partial charge is 0.357 e. The summed E-state index contributed by atoms with van der Waals surface area (Å²) in [5.74, 6) is 0.925. The number of guanidine groups is 1. The Bertz CT molecular complexity index is 600. The van der Waals surface area contributed by atoms with Crippen LogP contribution < -0.4 is 5.32 Å². The van der Waals surface area contributed by atoms with Crippen molar-refractivity contribution in [2.75, 3.05) is 13.6 Å². The number of rotatable bonds is 5. The second-order valence-corrected chi connectivity index (χ2v) is 7.33. The molecule has 0 spiro atoms. The number of aliphatic imine (C=N–C) groups is 1. The molecule has 0 atom stereocenters. The summed E-state index contributed by atoms with van der Waals surface area (Å²) in [5.41, 5.74) is 1.09. The van der Waals surface area contributed by atoms with Gasteiger partial charge in [0.1, 0.15) is 0 Å². The van der Waals surface area contributed by atoms with Crippen LogP contribution in [0.25, 0.3) is 0 Å². The molecule has 0 unspecified atom stereocenters. The number of thiazole rings is 1. The fourth-order valence-corrected chi connectivity index (χ4v) is 3.41. The van der Waals surface area contributed by atoms with Crippen LogP contribution in [0.2, 0.25) is 0 Å². The third-order valence-electron chi connectivity index (χ3n) is 2.94. The highest BCUT2D eigenvalue weighted by Crippen LogP contribution is 2.16. The Morgan fingerprint density at radius 2 is 2.19 bits per heavy atom. The van der Waals surface area contributed by atoms with Gasteiger partial charge in [0.2, 0.25) is 0 Å². The molecular weight excluding hydrogens is 300 g/mol. The van der Waals surface area contributed by atoms with Crippen LogP contribution in [0.3, 0.4) is 0 Å². The van der Waals surface area contributed by atoms with E-state index in [1.165, 1.54) is 9.75 Å². The third kappa shape index (κ3) is 4.82. The molecule has 4 nitrogen and oxygen atoms in total. The molecule has 0 bridgehead atoms. The summed E-state index contributed by atoms with van der Waals surface area (Å²) in [5, 5.41) is 6.56. The van der Waals surface area contributed by atoms with Crippen molar-refractivity contribution in [3.05, 3.63) is 38.0 Å². The fourth-order valence-electron chi connectivity index (χ4n) is 1.99. The molecule has 1 N–H and O–H groups in total. The first kappa shape index (κ1) is 16.0. The van der Waals surface area contributed by atoms with Crippen molar-refractivity contribution < 1.29 is 0 Å². The minimum absolute atomic E-state index is 0.723. The van der Waals surface area contributed by atoms with E-state index in [9.17, 15) is 0 Å². The van der Waals surface area contributed by atoms with E-state index in [-0.39, 0.29) is 0 Å². The van der Waals surface area contributed by atoms with E-state index in [0.29, 0.717) is 0 Å². The topological polar surface area (TPSA) is 40.5 Å². The van der Waals surface area contributed by atoms with E-state index in [2.05, 4.69) is 53.6 Å². The van der Waals surface area contributed by atoms with Gasteiger partial charge in [-0.25, -0.2) is 9.98 Å². The summed E-state index contributed by atoms with van der Waals surface area (Å²) in [6, 6.07) is 4.29. The number of aryl methyl sites for hydroxylation is 2. The minimum atomic E-state index is 0.723. The lowest BCUT2D eigenvalue weighted by Crippen LogP contribution is -2.38. The molecule has 0 aliphatic heterocycles. The van der Waals surface area contributed by atoms with Crippen LogP contribution in [-0.2, 0) is 13.1 Å². The minimum Gasteiger partial charge on any atom is -0.357 e. The van der Waals surface area contributed by atoms with Crippen molar-refractivity contribution in [1.29, 1.82) is 0 Å². The molecule has 0 aromatic carbocycles. The molecule has 2 aromatic heterocycles. The second-order valence-electron chi connectivity index (χ2n) is 4.90. The fraction of sp³-hybridized carbons (Fsp3) is 0.467. The van der Waals surface area contributed by atoms with Crippen LogP contribution in [0.15, 0.2) is 22.5 Å². The van der Waals surface area contributed by atoms with E-state index in [4.69, 9.17) is 4.99 Å². The highest BCUT2D eigenvalue weighted by molar-refractivity contribution is 7.11. The molecule has 0 aliphatic rings. The van der Waals surface area contributed by atoms with Crippen molar-refractivity contribution in [3.63, 3.8) is 0 Å². The number of hydrogen-bond acceptors (Lipinski definition) is 4. The molecule has 0 aliphatic carbocycles. The predicted octanol–water partition coefficient (Wildman–Crippen LogP) is 3.42. The van der Waals surface area contributed by atoms with Gasteiger partial charge in [-0.3, -0.25) is 0 Å². The summed E-state index contributed by atoms with van der Waals surface area (Å²) in [6.07, 6.45) is 0. The van der Waals surface area contributed by atoms with E-state index >= 15 is 0 Å². The first-order valence-corrected chi connectivity index (χ1v) is 8.74. The van der Waals surface area contributed by atoms with Gasteiger partial charge < -0.3 is 10.2 Å². The lowest BCUT2D eigenvalue weighted by molar-refractivity contribution is 0.471. The Morgan fingerprint density at radius 1 is 1.38 bits per heavy atom. The van der Waals surface area contributed by atoms with Crippen molar-refractivity contribution in [2.45, 2.75) is 33.9 Å². The molecule has 0 fully saturated rings. The zero-order valence-electron chi connectivity index (χ0n) is 13.0. The first-order valence-electron chi connectivity index (χ1n) is 7.04. The standard InChI is InChI=1S/C15H22N4S2/c1-5-16-15(17-8-14-7-6-11(2)21-14)19(4)9-13-10-20-12(3)18-13/h6-7,10H,5,8-9H2,1-4H3,(H,16,17). The van der Waals surface area contributed by atoms with Crippen LogP contribution in [0.5, 0.6) is 0 Å². The van der Waals surface area contributed by atoms with Crippen molar-refractivity contribution in [3.8, 4) is 0 Å². The average molecular weight is 323 g/mol. The van der Waals surface area contributed by atoms with E-state index in [1.54, 1.807) is 22.7 Å². The average Bonchev–Trinajstić information content (AvgIpc) is 3.03. The van der Waals surface area contributed by atoms with Gasteiger partial charge in [-0.15, -0.1) is 22.7 Å². The predicted molar refractivity (Wildman–Crippen MR) is 92.2 cm³/mol. The number of hydrogen-bond donors (Lipinski definition) is 1. The Kier molecular flexibility index (Phi) is 5.76. The highest BCUT2D eigenvalue weighted by Gasteiger charge is 2.08. The Balaban J connectivity index is 2.02. The summed E-state index contributed by atoms with van der Waals surface area (Å²) in [7, 11) is 2.05. The molecule has 21 heavy (non-hydrogen) atoms. The smallest absolute Gasteiger partial charge is 0.194 e. The Hall–Kier alpha value is -1.40. The van der Waals surface area contributed by atoms with Crippen molar-refractivity contribution in [2.24, 2.45) is 4.99 Å². The summed E-state index contributed by atoms with van der Waals surface area (Å²) >= 11 is 3.49. The summed E-state index contributed by atoms with van der Waals surface area (Å²) < 4.78 is 0. The van der Waals surface area contributed by atoms with Crippen molar-refractivity contribution >= 4 is 28.6 Å². The maximum Gasteiger partial charge on any atom is 0.194 e. The summed E-state index contributed by atoms with van der Waals surface area (Å²) in [4.78, 5) is 14.0. The van der Waals surface area contributed by atoms with Gasteiger partial charge in [0, 0.05) is 28.7 Å². The van der Waals surface area contributed by atoms with Gasteiger partial charge in [-0.1, -0.05) is 0 Å². The molecule has 2 rings (SSSR count). The molecule has 0 saturated carbocycles. The lowest BCUT2D eigenvalue weighted by atomic mass is 10.4. The van der Waals surface area contributed by atoms with E-state index in [0.717, 1.165) is 36.3 Å². The molecule has 6 heteroatoms. The number of nitrogens with zero attached hydrogens (tertiary/aromatic N) is 3. The molecule has 2 aromatic rings. The van der Waals surface area contributed by atoms with Gasteiger partial charge in [0.25, 0.3) is 0 Å². The number of thiophene rings is 1. The van der Waals surface area contributed by atoms with Crippen LogP contribution >= 0.6 is 22.7 Å². The van der Waals surface area contributed by atoms with Crippen molar-refractivity contribution in [1.82, 2.24) is 15.2 Å². The number of nitrogens with one attached hydrogen (secondary N) is 1. The normalized spacial score (nSPS) is 11.7. The van der Waals surface area contributed by atoms with E-state index in [1.807, 2.05) is 6.92 Å². The Morgan fingerprint density at radius 3 is 2.76 bits per heavy atom.